The first-order valence-corrected chi connectivity index (χ1v) is 5.52. The third-order valence-corrected chi connectivity index (χ3v) is 2.51. The molecule has 1 aromatic heterocycles. The number of nitrogens with one attached hydrogen (secondary N) is 1. The van der Waals surface area contributed by atoms with Crippen molar-refractivity contribution in [2.24, 2.45) is 0 Å². The van der Waals surface area contributed by atoms with Crippen molar-refractivity contribution in [1.29, 1.82) is 0 Å². The van der Waals surface area contributed by atoms with Crippen molar-refractivity contribution in [1.82, 2.24) is 4.98 Å². The van der Waals surface area contributed by atoms with E-state index in [-0.39, 0.29) is 5.69 Å². The molecular formula is C13H12F3N3. The van der Waals surface area contributed by atoms with Crippen LogP contribution in [-0.2, 0) is 6.18 Å². The maximum absolute atomic E-state index is 12.9. The quantitative estimate of drug-likeness (QED) is 0.815. The van der Waals surface area contributed by atoms with E-state index in [0.29, 0.717) is 17.1 Å². The van der Waals surface area contributed by atoms with E-state index in [1.54, 1.807) is 31.2 Å². The fourth-order valence-electron chi connectivity index (χ4n) is 1.66. The van der Waals surface area contributed by atoms with Crippen LogP contribution in [0.3, 0.4) is 0 Å². The first kappa shape index (κ1) is 13.2. The number of benzene rings is 1. The number of aromatic nitrogens is 1. The summed E-state index contributed by atoms with van der Waals surface area (Å²) in [6, 6.07) is 7.89. The van der Waals surface area contributed by atoms with Crippen molar-refractivity contribution in [2.75, 3.05) is 11.1 Å². The molecule has 0 fully saturated rings. The van der Waals surface area contributed by atoms with Crippen LogP contribution in [0.2, 0.25) is 0 Å². The number of rotatable bonds is 2. The van der Waals surface area contributed by atoms with Crippen LogP contribution in [0.5, 0.6) is 0 Å². The minimum atomic E-state index is -4.46. The number of aryl methyl sites for hydroxylation is 1. The highest BCUT2D eigenvalue weighted by molar-refractivity contribution is 5.66. The molecule has 0 unspecified atom stereocenters. The van der Waals surface area contributed by atoms with E-state index in [1.165, 1.54) is 6.07 Å². The number of alkyl halides is 3. The smallest absolute Gasteiger partial charge is 0.399 e. The van der Waals surface area contributed by atoms with Gasteiger partial charge < -0.3 is 11.1 Å². The van der Waals surface area contributed by atoms with E-state index < -0.39 is 11.7 Å². The van der Waals surface area contributed by atoms with E-state index in [0.717, 1.165) is 6.20 Å². The Balaban J connectivity index is 2.41. The van der Waals surface area contributed by atoms with Gasteiger partial charge in [-0.2, -0.15) is 13.2 Å². The van der Waals surface area contributed by atoms with E-state index in [9.17, 15) is 13.2 Å². The van der Waals surface area contributed by atoms with Crippen LogP contribution in [0.4, 0.5) is 30.2 Å². The molecule has 1 aromatic carbocycles. The van der Waals surface area contributed by atoms with Crippen LogP contribution in [0.25, 0.3) is 0 Å². The SMILES string of the molecule is Cc1cc(Nc2cccc(N)c2)c(C(F)(F)F)cn1. The summed E-state index contributed by atoms with van der Waals surface area (Å²) in [5.41, 5.74) is 6.22. The summed E-state index contributed by atoms with van der Waals surface area (Å²) < 4.78 is 38.6. The molecule has 3 N–H and O–H groups in total. The van der Waals surface area contributed by atoms with Gasteiger partial charge in [-0.1, -0.05) is 6.07 Å². The number of halogens is 3. The Morgan fingerprint density at radius 2 is 1.95 bits per heavy atom. The molecule has 2 aromatic rings. The topological polar surface area (TPSA) is 50.9 Å². The van der Waals surface area contributed by atoms with Crippen LogP contribution in [0, 0.1) is 6.92 Å². The van der Waals surface area contributed by atoms with Gasteiger partial charge in [0.2, 0.25) is 0 Å². The second-order valence-corrected chi connectivity index (χ2v) is 4.12. The molecular weight excluding hydrogens is 255 g/mol. The lowest BCUT2D eigenvalue weighted by Crippen LogP contribution is -2.10. The van der Waals surface area contributed by atoms with E-state index in [1.807, 2.05) is 0 Å². The van der Waals surface area contributed by atoms with Crippen LogP contribution < -0.4 is 11.1 Å². The highest BCUT2D eigenvalue weighted by Gasteiger charge is 2.34. The Morgan fingerprint density at radius 1 is 1.21 bits per heavy atom. The van der Waals surface area contributed by atoms with Crippen molar-refractivity contribution >= 4 is 17.1 Å². The summed E-state index contributed by atoms with van der Waals surface area (Å²) in [4.78, 5) is 3.68. The molecule has 0 aliphatic heterocycles. The summed E-state index contributed by atoms with van der Waals surface area (Å²) in [5.74, 6) is 0. The number of pyridine rings is 1. The van der Waals surface area contributed by atoms with E-state index >= 15 is 0 Å². The van der Waals surface area contributed by atoms with Crippen LogP contribution in [0.15, 0.2) is 36.5 Å². The zero-order valence-corrected chi connectivity index (χ0v) is 10.1. The summed E-state index contributed by atoms with van der Waals surface area (Å²) in [7, 11) is 0. The average Bonchev–Trinajstić information content (AvgIpc) is 2.27. The number of nitrogens with zero attached hydrogens (tertiary/aromatic N) is 1. The molecule has 100 valence electrons. The van der Waals surface area contributed by atoms with E-state index in [4.69, 9.17) is 5.73 Å². The number of nitrogen functional groups attached to an aromatic ring is 1. The van der Waals surface area contributed by atoms with Crippen LogP contribution in [0.1, 0.15) is 11.3 Å². The second-order valence-electron chi connectivity index (χ2n) is 4.12. The number of anilines is 3. The maximum Gasteiger partial charge on any atom is 0.419 e. The van der Waals surface area contributed by atoms with Gasteiger partial charge in [0.1, 0.15) is 0 Å². The molecule has 0 aliphatic carbocycles. The molecule has 0 atom stereocenters. The lowest BCUT2D eigenvalue weighted by molar-refractivity contribution is -0.137. The van der Waals surface area contributed by atoms with Gasteiger partial charge in [-0.05, 0) is 31.2 Å². The monoisotopic (exact) mass is 267 g/mol. The lowest BCUT2D eigenvalue weighted by Gasteiger charge is -2.15. The normalized spacial score (nSPS) is 11.4. The minimum absolute atomic E-state index is 0.0365. The molecule has 19 heavy (non-hydrogen) atoms. The molecule has 1 heterocycles. The third-order valence-electron chi connectivity index (χ3n) is 2.51. The van der Waals surface area contributed by atoms with Gasteiger partial charge in [0.05, 0.1) is 11.3 Å². The van der Waals surface area contributed by atoms with Crippen molar-refractivity contribution < 1.29 is 13.2 Å². The third kappa shape index (κ3) is 3.15. The first-order valence-electron chi connectivity index (χ1n) is 5.52. The van der Waals surface area contributed by atoms with Crippen LogP contribution >= 0.6 is 0 Å². The zero-order chi connectivity index (χ0) is 14.0. The van der Waals surface area contributed by atoms with Gasteiger partial charge in [-0.3, -0.25) is 4.98 Å². The van der Waals surface area contributed by atoms with Gasteiger partial charge in [-0.15, -0.1) is 0 Å². The van der Waals surface area contributed by atoms with Gasteiger partial charge in [0.25, 0.3) is 0 Å². The van der Waals surface area contributed by atoms with Gasteiger partial charge in [0, 0.05) is 23.3 Å². The fraction of sp³-hybridized carbons (Fsp3) is 0.154. The van der Waals surface area contributed by atoms with E-state index in [2.05, 4.69) is 10.3 Å². The van der Waals surface area contributed by atoms with Crippen molar-refractivity contribution in [3.05, 3.63) is 47.8 Å². The molecule has 0 saturated carbocycles. The largest absolute Gasteiger partial charge is 0.419 e. The predicted octanol–water partition coefficient (Wildman–Crippen LogP) is 3.73. The van der Waals surface area contributed by atoms with Crippen LogP contribution in [-0.4, -0.2) is 4.98 Å². The Morgan fingerprint density at radius 3 is 2.58 bits per heavy atom. The predicted molar refractivity (Wildman–Crippen MR) is 68.1 cm³/mol. The molecule has 3 nitrogen and oxygen atoms in total. The molecule has 0 saturated heterocycles. The summed E-state index contributed by atoms with van der Waals surface area (Å²) >= 11 is 0. The van der Waals surface area contributed by atoms with Gasteiger partial charge >= 0.3 is 6.18 Å². The molecule has 6 heteroatoms. The van der Waals surface area contributed by atoms with Crippen molar-refractivity contribution in [3.8, 4) is 0 Å². The van der Waals surface area contributed by atoms with Gasteiger partial charge in [-0.25, -0.2) is 0 Å². The molecule has 0 bridgehead atoms. The molecule has 0 spiro atoms. The number of hydrogen-bond acceptors (Lipinski definition) is 3. The minimum Gasteiger partial charge on any atom is -0.399 e. The Kier molecular flexibility index (Phi) is 3.33. The highest BCUT2D eigenvalue weighted by Crippen LogP contribution is 2.35. The Labute approximate surface area is 108 Å². The fourth-order valence-corrected chi connectivity index (χ4v) is 1.66. The Bertz CT molecular complexity index is 594. The summed E-state index contributed by atoms with van der Waals surface area (Å²) in [6.45, 7) is 1.63. The van der Waals surface area contributed by atoms with Crippen molar-refractivity contribution in [2.45, 2.75) is 13.1 Å². The highest BCUT2D eigenvalue weighted by atomic mass is 19.4. The zero-order valence-electron chi connectivity index (χ0n) is 10.1. The molecule has 0 radical (unpaired) electrons. The van der Waals surface area contributed by atoms with Gasteiger partial charge in [0.15, 0.2) is 0 Å². The summed E-state index contributed by atoms with van der Waals surface area (Å²) in [5, 5.41) is 2.72. The number of hydrogen-bond donors (Lipinski definition) is 2. The Hall–Kier alpha value is -2.24. The molecule has 0 aliphatic rings. The standard InChI is InChI=1S/C13H12F3N3/c1-8-5-12(11(7-18-8)13(14,15)16)19-10-4-2-3-9(17)6-10/h2-7H,17H2,1H3,(H,18,19). The van der Waals surface area contributed by atoms with Crippen molar-refractivity contribution in [3.63, 3.8) is 0 Å². The maximum atomic E-state index is 12.9. The molecule has 0 amide bonds. The number of nitrogens with two attached hydrogens (primary N) is 1. The summed E-state index contributed by atoms with van der Waals surface area (Å²) in [6.07, 6.45) is -3.63. The first-order chi connectivity index (χ1) is 8.86. The molecule has 2 rings (SSSR count). The lowest BCUT2D eigenvalue weighted by atomic mass is 10.2. The second kappa shape index (κ2) is 4.79. The average molecular weight is 267 g/mol.